The van der Waals surface area contributed by atoms with Crippen molar-refractivity contribution >= 4 is 17.6 Å². The van der Waals surface area contributed by atoms with Gasteiger partial charge in [0.25, 0.3) is 0 Å². The van der Waals surface area contributed by atoms with Gasteiger partial charge in [-0.3, -0.25) is 9.69 Å². The highest BCUT2D eigenvalue weighted by atomic mass is 16.5. The van der Waals surface area contributed by atoms with Crippen LogP contribution in [0.25, 0.3) is 0 Å². The standard InChI is InChI=1S/C17H15NO4/c19-16-10-11-21-15-9-5-4-8-14(15)18(16)12-17(20)22-13-6-2-1-3-7-13/h1-9H,10-12H2. The molecule has 2 aromatic rings. The summed E-state index contributed by atoms with van der Waals surface area (Å²) in [6.45, 7) is 0.161. The third kappa shape index (κ3) is 3.09. The van der Waals surface area contributed by atoms with Crippen molar-refractivity contribution in [1.29, 1.82) is 0 Å². The fourth-order valence-electron chi connectivity index (χ4n) is 2.27. The highest BCUT2D eigenvalue weighted by Gasteiger charge is 2.25. The maximum absolute atomic E-state index is 12.2. The SMILES string of the molecule is O=C(CN1C(=O)CCOc2ccccc21)Oc1ccccc1. The Hall–Kier alpha value is -2.82. The summed E-state index contributed by atoms with van der Waals surface area (Å²) in [5.41, 5.74) is 0.593. The summed E-state index contributed by atoms with van der Waals surface area (Å²) >= 11 is 0. The van der Waals surface area contributed by atoms with Gasteiger partial charge in [-0.25, -0.2) is 4.79 Å². The topological polar surface area (TPSA) is 55.8 Å². The molecule has 1 aliphatic heterocycles. The van der Waals surface area contributed by atoms with Crippen molar-refractivity contribution < 1.29 is 19.1 Å². The molecule has 1 amide bonds. The second-order valence-electron chi connectivity index (χ2n) is 4.83. The molecule has 0 unspecified atom stereocenters. The minimum atomic E-state index is -0.490. The third-order valence-corrected chi connectivity index (χ3v) is 3.29. The molecule has 0 aliphatic carbocycles. The lowest BCUT2D eigenvalue weighted by atomic mass is 10.2. The number of esters is 1. The predicted octanol–water partition coefficient (Wildman–Crippen LogP) is 2.41. The Kier molecular flexibility index (Phi) is 4.05. The van der Waals surface area contributed by atoms with Crippen molar-refractivity contribution in [2.45, 2.75) is 6.42 Å². The van der Waals surface area contributed by atoms with Gasteiger partial charge in [-0.1, -0.05) is 30.3 Å². The van der Waals surface area contributed by atoms with E-state index in [-0.39, 0.29) is 18.9 Å². The predicted molar refractivity (Wildman–Crippen MR) is 81.0 cm³/mol. The zero-order valence-corrected chi connectivity index (χ0v) is 11.9. The summed E-state index contributed by atoms with van der Waals surface area (Å²) < 4.78 is 10.8. The smallest absolute Gasteiger partial charge is 0.331 e. The second kappa shape index (κ2) is 6.30. The molecule has 0 aromatic heterocycles. The van der Waals surface area contributed by atoms with Crippen LogP contribution in [0.2, 0.25) is 0 Å². The number of amides is 1. The molecule has 112 valence electrons. The van der Waals surface area contributed by atoms with Crippen LogP contribution in [0.3, 0.4) is 0 Å². The van der Waals surface area contributed by atoms with Gasteiger partial charge in [-0.2, -0.15) is 0 Å². The molecule has 0 saturated heterocycles. The average molecular weight is 297 g/mol. The number of nitrogens with zero attached hydrogens (tertiary/aromatic N) is 1. The molecule has 1 heterocycles. The van der Waals surface area contributed by atoms with Crippen LogP contribution < -0.4 is 14.4 Å². The first-order valence-corrected chi connectivity index (χ1v) is 7.02. The lowest BCUT2D eigenvalue weighted by Gasteiger charge is -2.20. The molecule has 0 N–H and O–H groups in total. The van der Waals surface area contributed by atoms with E-state index in [1.165, 1.54) is 4.90 Å². The van der Waals surface area contributed by atoms with E-state index in [4.69, 9.17) is 9.47 Å². The van der Waals surface area contributed by atoms with E-state index < -0.39 is 5.97 Å². The highest BCUT2D eigenvalue weighted by Crippen LogP contribution is 2.30. The van der Waals surface area contributed by atoms with Gasteiger partial charge in [-0.05, 0) is 24.3 Å². The van der Waals surface area contributed by atoms with E-state index in [0.29, 0.717) is 23.8 Å². The monoisotopic (exact) mass is 297 g/mol. The van der Waals surface area contributed by atoms with E-state index in [2.05, 4.69) is 0 Å². The molecule has 2 aromatic carbocycles. The number of anilines is 1. The van der Waals surface area contributed by atoms with Crippen molar-refractivity contribution in [2.24, 2.45) is 0 Å². The van der Waals surface area contributed by atoms with Crippen LogP contribution in [0.1, 0.15) is 6.42 Å². The normalized spacial score (nSPS) is 13.8. The minimum Gasteiger partial charge on any atom is -0.491 e. The Balaban J connectivity index is 1.78. The van der Waals surface area contributed by atoms with E-state index in [1.807, 2.05) is 12.1 Å². The molecule has 22 heavy (non-hydrogen) atoms. The summed E-state index contributed by atoms with van der Waals surface area (Å²) in [7, 11) is 0. The maximum atomic E-state index is 12.2. The van der Waals surface area contributed by atoms with E-state index in [1.54, 1.807) is 42.5 Å². The summed E-state index contributed by atoms with van der Waals surface area (Å²) in [6, 6.07) is 16.0. The molecule has 5 nitrogen and oxygen atoms in total. The lowest BCUT2D eigenvalue weighted by molar-refractivity contribution is -0.134. The second-order valence-corrected chi connectivity index (χ2v) is 4.83. The van der Waals surface area contributed by atoms with Crippen LogP contribution in [0, 0.1) is 0 Å². The Morgan fingerprint density at radius 3 is 2.64 bits per heavy atom. The average Bonchev–Trinajstić information content (AvgIpc) is 2.68. The van der Waals surface area contributed by atoms with Gasteiger partial charge in [0.2, 0.25) is 5.91 Å². The summed E-state index contributed by atoms with van der Waals surface area (Å²) in [6.07, 6.45) is 0.229. The quantitative estimate of drug-likeness (QED) is 0.645. The molecule has 0 saturated carbocycles. The largest absolute Gasteiger partial charge is 0.491 e. The van der Waals surface area contributed by atoms with Crippen LogP contribution in [0.15, 0.2) is 54.6 Å². The fourth-order valence-corrected chi connectivity index (χ4v) is 2.27. The zero-order chi connectivity index (χ0) is 15.4. The molecular formula is C17H15NO4. The highest BCUT2D eigenvalue weighted by molar-refractivity contribution is 5.99. The molecule has 0 spiro atoms. The van der Waals surface area contributed by atoms with Crippen LogP contribution in [-0.4, -0.2) is 25.0 Å². The van der Waals surface area contributed by atoms with Crippen LogP contribution in [-0.2, 0) is 9.59 Å². The van der Waals surface area contributed by atoms with Crippen molar-refractivity contribution in [3.63, 3.8) is 0 Å². The number of hydrogen-bond donors (Lipinski definition) is 0. The summed E-state index contributed by atoms with van der Waals surface area (Å²) in [4.78, 5) is 25.7. The number of rotatable bonds is 3. The van der Waals surface area contributed by atoms with Gasteiger partial charge >= 0.3 is 5.97 Å². The van der Waals surface area contributed by atoms with Gasteiger partial charge in [0.05, 0.1) is 18.7 Å². The van der Waals surface area contributed by atoms with Crippen LogP contribution >= 0.6 is 0 Å². The number of para-hydroxylation sites is 3. The van der Waals surface area contributed by atoms with Gasteiger partial charge in [0, 0.05) is 0 Å². The van der Waals surface area contributed by atoms with Gasteiger partial charge in [0.15, 0.2) is 0 Å². The molecule has 0 atom stereocenters. The molecule has 5 heteroatoms. The Labute approximate surface area is 128 Å². The maximum Gasteiger partial charge on any atom is 0.331 e. The molecule has 1 aliphatic rings. The van der Waals surface area contributed by atoms with Crippen molar-refractivity contribution in [2.75, 3.05) is 18.1 Å². The van der Waals surface area contributed by atoms with Crippen molar-refractivity contribution in [1.82, 2.24) is 0 Å². The molecule has 0 bridgehead atoms. The summed E-state index contributed by atoms with van der Waals surface area (Å²) in [5.74, 6) is 0.409. The first-order chi connectivity index (χ1) is 10.7. The van der Waals surface area contributed by atoms with Crippen molar-refractivity contribution in [3.8, 4) is 11.5 Å². The Bertz CT molecular complexity index is 684. The number of benzene rings is 2. The first-order valence-electron chi connectivity index (χ1n) is 7.02. The Morgan fingerprint density at radius 1 is 1.09 bits per heavy atom. The third-order valence-electron chi connectivity index (χ3n) is 3.29. The van der Waals surface area contributed by atoms with Crippen LogP contribution in [0.4, 0.5) is 5.69 Å². The molecule has 0 fully saturated rings. The lowest BCUT2D eigenvalue weighted by Crippen LogP contribution is -2.37. The zero-order valence-electron chi connectivity index (χ0n) is 11.9. The number of hydrogen-bond acceptors (Lipinski definition) is 4. The van der Waals surface area contributed by atoms with Gasteiger partial charge < -0.3 is 9.47 Å². The number of ether oxygens (including phenoxy) is 2. The number of carbonyl (C=O) groups excluding carboxylic acids is 2. The fraction of sp³-hybridized carbons (Fsp3) is 0.176. The molecule has 0 radical (unpaired) electrons. The van der Waals surface area contributed by atoms with E-state index in [9.17, 15) is 9.59 Å². The number of fused-ring (bicyclic) bond motifs is 1. The van der Waals surface area contributed by atoms with E-state index in [0.717, 1.165) is 0 Å². The molecular weight excluding hydrogens is 282 g/mol. The van der Waals surface area contributed by atoms with Crippen molar-refractivity contribution in [3.05, 3.63) is 54.6 Å². The van der Waals surface area contributed by atoms with Gasteiger partial charge in [0.1, 0.15) is 18.0 Å². The van der Waals surface area contributed by atoms with E-state index >= 15 is 0 Å². The first kappa shape index (κ1) is 14.1. The minimum absolute atomic E-state index is 0.145. The van der Waals surface area contributed by atoms with Gasteiger partial charge in [-0.15, -0.1) is 0 Å². The molecule has 3 rings (SSSR count). The Morgan fingerprint density at radius 2 is 1.82 bits per heavy atom. The van der Waals surface area contributed by atoms with Crippen LogP contribution in [0.5, 0.6) is 11.5 Å². The number of carbonyl (C=O) groups is 2. The summed E-state index contributed by atoms with van der Waals surface area (Å²) in [5, 5.41) is 0.